The molecule has 188 valence electrons. The van der Waals surface area contributed by atoms with E-state index < -0.39 is 0 Å². The Hall–Kier alpha value is -3.10. The molecule has 0 saturated carbocycles. The highest BCUT2D eigenvalue weighted by atomic mass is 16.5. The number of amides is 2. The molecule has 2 unspecified atom stereocenters. The van der Waals surface area contributed by atoms with E-state index in [1.165, 1.54) is 5.56 Å². The van der Waals surface area contributed by atoms with E-state index in [2.05, 4.69) is 22.3 Å². The highest BCUT2D eigenvalue weighted by molar-refractivity contribution is 5.89. The lowest BCUT2D eigenvalue weighted by molar-refractivity contribution is -0.129. The predicted molar refractivity (Wildman–Crippen MR) is 132 cm³/mol. The van der Waals surface area contributed by atoms with Crippen molar-refractivity contribution in [3.05, 3.63) is 59.7 Å². The van der Waals surface area contributed by atoms with Crippen LogP contribution in [0.15, 0.2) is 48.5 Å². The van der Waals surface area contributed by atoms with Crippen molar-refractivity contribution in [3.8, 4) is 11.5 Å². The van der Waals surface area contributed by atoms with Gasteiger partial charge in [0.1, 0.15) is 0 Å². The maximum absolute atomic E-state index is 12.8. The Bertz CT molecular complexity index is 1000. The first-order valence-corrected chi connectivity index (χ1v) is 12.2. The average Bonchev–Trinajstić information content (AvgIpc) is 3.27. The number of carbonyl (C=O) groups excluding carboxylic acids is 2. The third-order valence-corrected chi connectivity index (χ3v) is 6.68. The summed E-state index contributed by atoms with van der Waals surface area (Å²) in [6.07, 6.45) is 0.895. The van der Waals surface area contributed by atoms with Crippen LogP contribution >= 0.6 is 0 Å². The number of ether oxygens (including phenoxy) is 3. The fourth-order valence-corrected chi connectivity index (χ4v) is 4.71. The smallest absolute Gasteiger partial charge is 0.225 e. The molecule has 8 nitrogen and oxygen atoms in total. The lowest BCUT2D eigenvalue weighted by Gasteiger charge is -2.33. The van der Waals surface area contributed by atoms with Crippen molar-refractivity contribution in [2.75, 3.05) is 53.6 Å². The van der Waals surface area contributed by atoms with Crippen molar-refractivity contribution in [3.63, 3.8) is 0 Å². The third kappa shape index (κ3) is 6.74. The van der Waals surface area contributed by atoms with Crippen LogP contribution in [0, 0.1) is 5.92 Å². The first-order valence-electron chi connectivity index (χ1n) is 12.2. The molecule has 2 aliphatic rings. The van der Waals surface area contributed by atoms with Gasteiger partial charge < -0.3 is 24.4 Å². The second-order valence-corrected chi connectivity index (χ2v) is 9.14. The second-order valence-electron chi connectivity index (χ2n) is 9.14. The van der Waals surface area contributed by atoms with E-state index in [1.807, 2.05) is 36.4 Å². The van der Waals surface area contributed by atoms with Gasteiger partial charge in [0, 0.05) is 45.7 Å². The second kappa shape index (κ2) is 12.0. The van der Waals surface area contributed by atoms with Crippen LogP contribution in [-0.4, -0.2) is 81.3 Å². The molecule has 2 aromatic carbocycles. The van der Waals surface area contributed by atoms with E-state index in [1.54, 1.807) is 19.1 Å². The minimum absolute atomic E-state index is 0.0218. The highest BCUT2D eigenvalue weighted by Crippen LogP contribution is 2.28. The average molecular weight is 482 g/mol. The van der Waals surface area contributed by atoms with Gasteiger partial charge in [-0.1, -0.05) is 36.4 Å². The molecule has 0 bridgehead atoms. The summed E-state index contributed by atoms with van der Waals surface area (Å²) in [6.45, 7) is 4.66. The van der Waals surface area contributed by atoms with Gasteiger partial charge in [-0.05, 0) is 29.7 Å². The molecule has 35 heavy (non-hydrogen) atoms. The first-order chi connectivity index (χ1) is 17.1. The molecule has 2 fully saturated rings. The van der Waals surface area contributed by atoms with Crippen molar-refractivity contribution in [1.82, 2.24) is 15.1 Å². The molecule has 0 aromatic heterocycles. The molecule has 2 amide bonds. The van der Waals surface area contributed by atoms with Gasteiger partial charge in [-0.2, -0.15) is 0 Å². The largest absolute Gasteiger partial charge is 0.493 e. The van der Waals surface area contributed by atoms with Gasteiger partial charge in [-0.15, -0.1) is 0 Å². The van der Waals surface area contributed by atoms with Gasteiger partial charge in [0.2, 0.25) is 11.8 Å². The van der Waals surface area contributed by atoms with Gasteiger partial charge in [0.05, 0.1) is 32.8 Å². The Morgan fingerprint density at radius 2 is 1.86 bits per heavy atom. The fraction of sp³-hybridized carbons (Fsp3) is 0.481. The van der Waals surface area contributed by atoms with E-state index >= 15 is 0 Å². The number of hydrogen-bond donors (Lipinski definition) is 1. The quantitative estimate of drug-likeness (QED) is 0.560. The van der Waals surface area contributed by atoms with E-state index in [4.69, 9.17) is 14.2 Å². The lowest BCUT2D eigenvalue weighted by Crippen LogP contribution is -2.48. The molecule has 0 radical (unpaired) electrons. The van der Waals surface area contributed by atoms with Crippen LogP contribution in [0.4, 0.5) is 0 Å². The van der Waals surface area contributed by atoms with Crippen molar-refractivity contribution < 1.29 is 23.8 Å². The summed E-state index contributed by atoms with van der Waals surface area (Å²) in [4.78, 5) is 29.4. The summed E-state index contributed by atoms with van der Waals surface area (Å²) in [5.74, 6) is 0.971. The molecule has 2 heterocycles. The maximum Gasteiger partial charge on any atom is 0.225 e. The molecule has 2 aromatic rings. The van der Waals surface area contributed by atoms with E-state index in [0.29, 0.717) is 44.2 Å². The van der Waals surface area contributed by atoms with Crippen LogP contribution in [0.5, 0.6) is 11.5 Å². The van der Waals surface area contributed by atoms with E-state index in [9.17, 15) is 9.59 Å². The lowest BCUT2D eigenvalue weighted by atomic mass is 10.1. The zero-order valence-electron chi connectivity index (χ0n) is 20.6. The molecule has 2 saturated heterocycles. The summed E-state index contributed by atoms with van der Waals surface area (Å²) in [6, 6.07) is 16.1. The first kappa shape index (κ1) is 25.0. The molecule has 4 rings (SSSR count). The van der Waals surface area contributed by atoms with Crippen LogP contribution in [0.25, 0.3) is 0 Å². The zero-order valence-corrected chi connectivity index (χ0v) is 20.6. The summed E-state index contributed by atoms with van der Waals surface area (Å²) >= 11 is 0. The van der Waals surface area contributed by atoms with E-state index in [-0.39, 0.29) is 30.3 Å². The van der Waals surface area contributed by atoms with Crippen LogP contribution < -0.4 is 14.8 Å². The van der Waals surface area contributed by atoms with Gasteiger partial charge >= 0.3 is 0 Å². The molecule has 2 atom stereocenters. The summed E-state index contributed by atoms with van der Waals surface area (Å²) < 4.78 is 16.5. The number of likely N-dealkylation sites (tertiary alicyclic amines) is 1. The van der Waals surface area contributed by atoms with Crippen LogP contribution in [0.2, 0.25) is 0 Å². The molecule has 0 aliphatic carbocycles. The topological polar surface area (TPSA) is 80.3 Å². The number of carbonyl (C=O) groups is 2. The molecular formula is C27H35N3O5. The Balaban J connectivity index is 1.21. The SMILES string of the molecule is COc1ccc(CCN2CC(C(=O)NCC3CN(Cc4ccccc4)CCO3)CC2=O)cc1OC. The van der Waals surface area contributed by atoms with Crippen molar-refractivity contribution in [2.24, 2.45) is 5.92 Å². The molecule has 1 N–H and O–H groups in total. The number of rotatable bonds is 10. The van der Waals surface area contributed by atoms with E-state index in [0.717, 1.165) is 25.2 Å². The number of benzene rings is 2. The Kier molecular flexibility index (Phi) is 8.60. The number of morpholine rings is 1. The molecule has 2 aliphatic heterocycles. The molecule has 8 heteroatoms. The standard InChI is InChI=1S/C27H35N3O5/c1-33-24-9-8-20(14-25(24)34-2)10-11-30-18-22(15-26(30)31)27(32)28-16-23-19-29(12-13-35-23)17-21-6-4-3-5-7-21/h3-9,14,22-23H,10-13,15-19H2,1-2H3,(H,28,32). The van der Waals surface area contributed by atoms with Gasteiger partial charge in [-0.3, -0.25) is 14.5 Å². The number of methoxy groups -OCH3 is 2. The zero-order chi connectivity index (χ0) is 24.6. The summed E-state index contributed by atoms with van der Waals surface area (Å²) in [5, 5.41) is 3.02. The minimum atomic E-state index is -0.322. The number of nitrogens with zero attached hydrogens (tertiary/aromatic N) is 2. The Morgan fingerprint density at radius 3 is 2.63 bits per heavy atom. The van der Waals surface area contributed by atoms with Crippen LogP contribution in [0.3, 0.4) is 0 Å². The van der Waals surface area contributed by atoms with Crippen LogP contribution in [0.1, 0.15) is 17.5 Å². The summed E-state index contributed by atoms with van der Waals surface area (Å²) in [5.41, 5.74) is 2.33. The monoisotopic (exact) mass is 481 g/mol. The fourth-order valence-electron chi connectivity index (χ4n) is 4.71. The van der Waals surface area contributed by atoms with Gasteiger partial charge in [-0.25, -0.2) is 0 Å². The Labute approximate surface area is 207 Å². The predicted octanol–water partition coefficient (Wildman–Crippen LogP) is 2.11. The van der Waals surface area contributed by atoms with Crippen molar-refractivity contribution in [2.45, 2.75) is 25.5 Å². The highest BCUT2D eigenvalue weighted by Gasteiger charge is 2.34. The van der Waals surface area contributed by atoms with Crippen LogP contribution in [-0.2, 0) is 27.3 Å². The minimum Gasteiger partial charge on any atom is -0.493 e. The molecular weight excluding hydrogens is 446 g/mol. The molecule has 0 spiro atoms. The maximum atomic E-state index is 12.8. The summed E-state index contributed by atoms with van der Waals surface area (Å²) in [7, 11) is 3.21. The normalized spacial score (nSPS) is 20.6. The Morgan fingerprint density at radius 1 is 1.06 bits per heavy atom. The number of hydrogen-bond acceptors (Lipinski definition) is 6. The van der Waals surface area contributed by atoms with Crippen molar-refractivity contribution in [1.29, 1.82) is 0 Å². The van der Waals surface area contributed by atoms with Gasteiger partial charge in [0.15, 0.2) is 11.5 Å². The van der Waals surface area contributed by atoms with Crippen molar-refractivity contribution >= 4 is 11.8 Å². The number of nitrogens with one attached hydrogen (secondary N) is 1. The van der Waals surface area contributed by atoms with Gasteiger partial charge in [0.25, 0.3) is 0 Å². The third-order valence-electron chi connectivity index (χ3n) is 6.68.